The Morgan fingerprint density at radius 2 is 1.97 bits per heavy atom. The lowest BCUT2D eigenvalue weighted by atomic mass is 10.0. The number of halogens is 3. The highest BCUT2D eigenvalue weighted by atomic mass is 32.2. The second-order valence-electron chi connectivity index (χ2n) is 9.47. The molecule has 38 heavy (non-hydrogen) atoms. The predicted molar refractivity (Wildman–Crippen MR) is 136 cm³/mol. The van der Waals surface area contributed by atoms with E-state index in [-0.39, 0.29) is 23.2 Å². The number of alkyl halides is 2. The summed E-state index contributed by atoms with van der Waals surface area (Å²) < 4.78 is 76.6. The fourth-order valence-electron chi connectivity index (χ4n) is 4.49. The highest BCUT2D eigenvalue weighted by Gasteiger charge is 2.25. The summed E-state index contributed by atoms with van der Waals surface area (Å²) in [5.41, 5.74) is 1.46. The van der Waals surface area contributed by atoms with Crippen LogP contribution in [0.4, 0.5) is 19.0 Å². The maximum atomic E-state index is 14.8. The molecule has 8 nitrogen and oxygen atoms in total. The molecule has 0 radical (unpaired) electrons. The number of anilines is 1. The van der Waals surface area contributed by atoms with E-state index in [1.807, 2.05) is 12.1 Å². The summed E-state index contributed by atoms with van der Waals surface area (Å²) in [5, 5.41) is 3.65. The van der Waals surface area contributed by atoms with Crippen molar-refractivity contribution in [2.45, 2.75) is 44.8 Å². The Morgan fingerprint density at radius 3 is 2.71 bits per heavy atom. The van der Waals surface area contributed by atoms with Gasteiger partial charge >= 0.3 is 0 Å². The van der Waals surface area contributed by atoms with Gasteiger partial charge in [0, 0.05) is 11.1 Å². The smallest absolute Gasteiger partial charge is 0.266 e. The molecule has 2 aliphatic rings. The maximum Gasteiger partial charge on any atom is 0.266 e. The van der Waals surface area contributed by atoms with Crippen LogP contribution in [0.25, 0.3) is 11.0 Å². The van der Waals surface area contributed by atoms with Gasteiger partial charge in [0.05, 0.1) is 41.7 Å². The van der Waals surface area contributed by atoms with Crippen LogP contribution in [0.15, 0.2) is 42.2 Å². The Labute approximate surface area is 218 Å². The van der Waals surface area contributed by atoms with E-state index in [1.165, 1.54) is 18.5 Å². The first kappa shape index (κ1) is 26.4. The predicted octanol–water partition coefficient (Wildman–Crippen LogP) is 4.73. The Bertz CT molecular complexity index is 1480. The van der Waals surface area contributed by atoms with Crippen LogP contribution in [0.1, 0.15) is 48.9 Å². The third kappa shape index (κ3) is 5.75. The molecule has 2 aromatic heterocycles. The summed E-state index contributed by atoms with van der Waals surface area (Å²) in [7, 11) is -3.08. The number of nitrogens with zero attached hydrogens (tertiary/aromatic N) is 3. The van der Waals surface area contributed by atoms with Gasteiger partial charge < -0.3 is 14.8 Å². The second-order valence-corrected chi connectivity index (χ2v) is 11.8. The molecule has 2 aliphatic heterocycles. The van der Waals surface area contributed by atoms with Crippen molar-refractivity contribution in [1.82, 2.24) is 15.0 Å². The minimum absolute atomic E-state index is 0.0810. The van der Waals surface area contributed by atoms with Crippen molar-refractivity contribution in [2.24, 2.45) is 0 Å². The topological polar surface area (TPSA) is 103 Å². The van der Waals surface area contributed by atoms with E-state index in [0.29, 0.717) is 55.2 Å². The monoisotopic (exact) mass is 548 g/mol. The number of benzene rings is 1. The molecule has 0 bridgehead atoms. The molecule has 1 N–H and O–H groups in total. The first-order valence-electron chi connectivity index (χ1n) is 12.3. The summed E-state index contributed by atoms with van der Waals surface area (Å²) >= 11 is 0. The van der Waals surface area contributed by atoms with Gasteiger partial charge in [0.1, 0.15) is 24.1 Å². The van der Waals surface area contributed by atoms with Gasteiger partial charge in [-0.25, -0.2) is 31.6 Å². The number of rotatable bonds is 8. The fourth-order valence-corrected chi connectivity index (χ4v) is 5.74. The Morgan fingerprint density at radius 1 is 1.18 bits per heavy atom. The lowest BCUT2D eigenvalue weighted by Gasteiger charge is -2.27. The summed E-state index contributed by atoms with van der Waals surface area (Å²) in [6, 6.07) is 5.05. The fraction of sp³-hybridized carbons (Fsp3) is 0.423. The van der Waals surface area contributed by atoms with Gasteiger partial charge in [0.2, 0.25) is 5.88 Å². The van der Waals surface area contributed by atoms with Crippen LogP contribution < -0.4 is 10.1 Å². The van der Waals surface area contributed by atoms with Crippen LogP contribution in [0.3, 0.4) is 0 Å². The van der Waals surface area contributed by atoms with E-state index in [2.05, 4.69) is 20.3 Å². The molecule has 1 aromatic carbocycles. The number of hydrogen-bond donors (Lipinski definition) is 1. The molecule has 0 spiro atoms. The third-order valence-electron chi connectivity index (χ3n) is 6.68. The number of fused-ring (bicyclic) bond motifs is 1. The van der Waals surface area contributed by atoms with E-state index in [9.17, 15) is 21.6 Å². The average Bonchev–Trinajstić information content (AvgIpc) is 3.01. The average molecular weight is 549 g/mol. The molecular formula is C26H27F3N4O4S. The van der Waals surface area contributed by atoms with Crippen LogP contribution in [0.5, 0.6) is 5.88 Å². The summed E-state index contributed by atoms with van der Waals surface area (Å²) in [6.07, 6.45) is 1.48. The highest BCUT2D eigenvalue weighted by Crippen LogP contribution is 2.33. The first-order valence-corrected chi connectivity index (χ1v) is 14.1. The third-order valence-corrected chi connectivity index (χ3v) is 8.36. The molecule has 202 valence electrons. The highest BCUT2D eigenvalue weighted by molar-refractivity contribution is 7.91. The Hall–Kier alpha value is -3.25. The lowest BCUT2D eigenvalue weighted by molar-refractivity contribution is -0.0815. The standard InChI is InChI=1S/C26H27F3N4O4S/c1-15(19-5-2-6-20(22(19)27)23(28)29)32-24-21-11-17(10-16-4-3-8-38(34,35)9-7-16)26(37-18-12-36-13-18)33-25(21)31-14-30-24/h2,4-6,11,14-15,18,23H,3,7-10,12-13H2,1H3,(H,30,31,32,33)/t15-/m1/s1. The van der Waals surface area contributed by atoms with Gasteiger partial charge in [-0.2, -0.15) is 4.98 Å². The Kier molecular flexibility index (Phi) is 7.53. The van der Waals surface area contributed by atoms with Gasteiger partial charge in [-0.1, -0.05) is 29.8 Å². The van der Waals surface area contributed by atoms with E-state index in [0.717, 1.165) is 17.2 Å². The van der Waals surface area contributed by atoms with Crippen molar-refractivity contribution in [1.29, 1.82) is 0 Å². The van der Waals surface area contributed by atoms with Gasteiger partial charge in [0.25, 0.3) is 6.43 Å². The zero-order valence-corrected chi connectivity index (χ0v) is 21.5. The summed E-state index contributed by atoms with van der Waals surface area (Å²) in [4.78, 5) is 13.2. The molecule has 12 heteroatoms. The van der Waals surface area contributed by atoms with Gasteiger partial charge in [-0.05, 0) is 32.3 Å². The van der Waals surface area contributed by atoms with Gasteiger partial charge in [-0.3, -0.25) is 0 Å². The minimum Gasteiger partial charge on any atom is -0.469 e. The molecule has 1 atom stereocenters. The second kappa shape index (κ2) is 10.9. The summed E-state index contributed by atoms with van der Waals surface area (Å²) in [6.45, 7) is 2.54. The normalized spacial score (nSPS) is 18.5. The van der Waals surface area contributed by atoms with Crippen LogP contribution in [0.2, 0.25) is 0 Å². The van der Waals surface area contributed by atoms with E-state index >= 15 is 0 Å². The molecule has 4 heterocycles. The van der Waals surface area contributed by atoms with Crippen molar-refractivity contribution in [3.05, 3.63) is 64.7 Å². The quantitative estimate of drug-likeness (QED) is 0.403. The SMILES string of the molecule is C[C@@H](Nc1ncnc2nc(OC3COC3)c(CC3=CCCS(=O)(=O)CC3)cc12)c1cccc(C(F)F)c1F. The molecule has 0 unspecified atom stereocenters. The molecule has 0 amide bonds. The van der Waals surface area contributed by atoms with E-state index in [4.69, 9.17) is 9.47 Å². The van der Waals surface area contributed by atoms with Gasteiger partial charge in [0.15, 0.2) is 15.5 Å². The van der Waals surface area contributed by atoms with Crippen LogP contribution in [0, 0.1) is 5.82 Å². The van der Waals surface area contributed by atoms with Crippen LogP contribution in [-0.2, 0) is 21.0 Å². The molecule has 0 saturated carbocycles. The van der Waals surface area contributed by atoms with Crippen LogP contribution in [-0.4, -0.2) is 54.2 Å². The molecule has 1 fully saturated rings. The number of sulfone groups is 1. The van der Waals surface area contributed by atoms with Gasteiger partial charge in [-0.15, -0.1) is 0 Å². The van der Waals surface area contributed by atoms with Crippen LogP contribution >= 0.6 is 0 Å². The summed E-state index contributed by atoms with van der Waals surface area (Å²) in [5.74, 6) is -0.0174. The van der Waals surface area contributed by atoms with E-state index in [1.54, 1.807) is 6.92 Å². The zero-order chi connectivity index (χ0) is 26.9. The number of ether oxygens (including phenoxy) is 2. The molecule has 0 aliphatic carbocycles. The van der Waals surface area contributed by atoms with Crippen molar-refractivity contribution in [3.63, 3.8) is 0 Å². The number of allylic oxidation sites excluding steroid dienone is 2. The number of nitrogens with one attached hydrogen (secondary N) is 1. The van der Waals surface area contributed by atoms with Crippen molar-refractivity contribution >= 4 is 26.7 Å². The van der Waals surface area contributed by atoms with Crippen molar-refractivity contribution in [3.8, 4) is 5.88 Å². The minimum atomic E-state index is -3.08. The number of hydrogen-bond acceptors (Lipinski definition) is 8. The first-order chi connectivity index (χ1) is 18.2. The van der Waals surface area contributed by atoms with E-state index < -0.39 is 33.7 Å². The maximum absolute atomic E-state index is 14.8. The molecule has 1 saturated heterocycles. The molecule has 3 aromatic rings. The number of pyridine rings is 1. The molecular weight excluding hydrogens is 521 g/mol. The largest absolute Gasteiger partial charge is 0.469 e. The lowest BCUT2D eigenvalue weighted by Crippen LogP contribution is -2.39. The van der Waals surface area contributed by atoms with Crippen molar-refractivity contribution < 1.29 is 31.1 Å². The number of aromatic nitrogens is 3. The molecule has 5 rings (SSSR count). The Balaban J connectivity index is 1.49. The van der Waals surface area contributed by atoms with Crippen molar-refractivity contribution in [2.75, 3.05) is 30.0 Å². The zero-order valence-electron chi connectivity index (χ0n) is 20.7.